The van der Waals surface area contributed by atoms with Crippen molar-refractivity contribution in [2.24, 2.45) is 0 Å². The first-order chi connectivity index (χ1) is 27.5. The highest BCUT2D eigenvalue weighted by molar-refractivity contribution is 5.70. The molecule has 2 unspecified atom stereocenters. The minimum atomic E-state index is -0.117. The monoisotopic (exact) mass is 789 g/mol. The zero-order valence-electron chi connectivity index (χ0n) is 37.1. The van der Waals surface area contributed by atoms with E-state index < -0.39 is 0 Å². The third kappa shape index (κ3) is 26.9. The van der Waals surface area contributed by atoms with Crippen LogP contribution < -0.4 is 0 Å². The molecule has 1 aromatic heterocycles. The summed E-state index contributed by atoms with van der Waals surface area (Å²) in [4.78, 5) is 31.4. The normalized spacial score (nSPS) is 14.7. The third-order valence-electron chi connectivity index (χ3n) is 11.4. The second kappa shape index (κ2) is 35.0. The van der Waals surface area contributed by atoms with Crippen LogP contribution in [0.2, 0.25) is 0 Å². The molecular formula is C47H88N4O5. The van der Waals surface area contributed by atoms with Crippen LogP contribution in [0.15, 0.2) is 12.4 Å². The van der Waals surface area contributed by atoms with Crippen LogP contribution >= 0.6 is 0 Å². The van der Waals surface area contributed by atoms with Gasteiger partial charge in [-0.05, 0) is 57.8 Å². The van der Waals surface area contributed by atoms with Crippen molar-refractivity contribution in [1.82, 2.24) is 19.6 Å². The highest BCUT2D eigenvalue weighted by Gasteiger charge is 2.20. The van der Waals surface area contributed by atoms with E-state index in [1.165, 1.54) is 103 Å². The lowest BCUT2D eigenvalue weighted by Crippen LogP contribution is -2.37. The predicted octanol–water partition coefficient (Wildman–Crippen LogP) is 11.5. The number of esters is 2. The smallest absolute Gasteiger partial charge is 0.307 e. The van der Waals surface area contributed by atoms with Crippen LogP contribution in [-0.2, 0) is 36.9 Å². The van der Waals surface area contributed by atoms with E-state index in [0.717, 1.165) is 103 Å². The van der Waals surface area contributed by atoms with Gasteiger partial charge in [-0.25, -0.2) is 0 Å². The molecule has 0 amide bonds. The van der Waals surface area contributed by atoms with Crippen molar-refractivity contribution in [1.29, 1.82) is 0 Å². The number of aromatic nitrogens is 2. The molecule has 9 heteroatoms. The molecule has 1 aromatic rings. The van der Waals surface area contributed by atoms with Gasteiger partial charge < -0.3 is 14.2 Å². The molecule has 2 rings (SSSR count). The average Bonchev–Trinajstić information content (AvgIpc) is 3.65. The van der Waals surface area contributed by atoms with Crippen LogP contribution in [0.3, 0.4) is 0 Å². The first-order valence-corrected chi connectivity index (χ1v) is 23.9. The molecule has 0 bridgehead atoms. The van der Waals surface area contributed by atoms with E-state index in [1.54, 1.807) is 0 Å². The Labute approximate surface area is 344 Å². The number of aryl methyl sites for hydroxylation is 1. The van der Waals surface area contributed by atoms with E-state index in [-0.39, 0.29) is 24.1 Å². The number of carbonyl (C=O) groups is 2. The largest absolute Gasteiger partial charge is 0.462 e. The number of morpholine rings is 1. The van der Waals surface area contributed by atoms with Gasteiger partial charge >= 0.3 is 11.9 Å². The van der Waals surface area contributed by atoms with Gasteiger partial charge in [-0.2, -0.15) is 5.10 Å². The quantitative estimate of drug-likeness (QED) is 0.0484. The number of ether oxygens (including phenoxy) is 3. The lowest BCUT2D eigenvalue weighted by atomic mass is 10.0. The Kier molecular flexibility index (Phi) is 31.4. The standard InChI is InChI=1S/C47H88N4O5/c1-5-9-13-17-19-23-28-44(26-21-15-11-7-3)55-46(52)30-34-50(41-43-40-48-51(42-43)33-25-32-49-36-38-54-39-37-49)35-31-47(53)56-45(27-22-16-12-8-4)29-24-20-18-14-10-6-2/h40,42,44-45H,5-39,41H2,1-4H3. The molecule has 2 atom stereocenters. The van der Waals surface area contributed by atoms with E-state index in [1.807, 2.05) is 10.9 Å². The summed E-state index contributed by atoms with van der Waals surface area (Å²) < 4.78 is 19.9. The number of rotatable bonds is 38. The van der Waals surface area contributed by atoms with Crippen LogP contribution in [0.25, 0.3) is 0 Å². The van der Waals surface area contributed by atoms with Crippen LogP contribution in [0.4, 0.5) is 0 Å². The average molecular weight is 789 g/mol. The highest BCUT2D eigenvalue weighted by Crippen LogP contribution is 2.19. The van der Waals surface area contributed by atoms with E-state index in [4.69, 9.17) is 14.2 Å². The summed E-state index contributed by atoms with van der Waals surface area (Å²) in [6.45, 7) is 16.3. The molecule has 0 N–H and O–H groups in total. The number of carbonyl (C=O) groups excluding carboxylic acids is 2. The van der Waals surface area contributed by atoms with Crippen molar-refractivity contribution in [2.45, 2.75) is 226 Å². The minimum Gasteiger partial charge on any atom is -0.462 e. The molecule has 326 valence electrons. The summed E-state index contributed by atoms with van der Waals surface area (Å²) in [5, 5.41) is 4.67. The van der Waals surface area contributed by atoms with E-state index in [9.17, 15) is 9.59 Å². The number of hydrogen-bond donors (Lipinski definition) is 0. The van der Waals surface area contributed by atoms with Crippen LogP contribution in [-0.4, -0.2) is 89.7 Å². The molecule has 0 aromatic carbocycles. The SMILES string of the molecule is CCCCCCCCC(CCCCCC)OC(=O)CCN(CCC(=O)OC(CCCCCC)CCCCCCCC)Cc1cnn(CCCN2CCOCC2)c1. The molecule has 0 spiro atoms. The Bertz CT molecular complexity index is 1010. The zero-order valence-corrected chi connectivity index (χ0v) is 37.1. The molecule has 2 heterocycles. The molecular weight excluding hydrogens is 701 g/mol. The Morgan fingerprint density at radius 3 is 1.52 bits per heavy atom. The van der Waals surface area contributed by atoms with Gasteiger partial charge in [0, 0.05) is 57.6 Å². The van der Waals surface area contributed by atoms with Crippen molar-refractivity contribution in [2.75, 3.05) is 45.9 Å². The zero-order chi connectivity index (χ0) is 40.3. The van der Waals surface area contributed by atoms with Crippen molar-refractivity contribution in [3.8, 4) is 0 Å². The summed E-state index contributed by atoms with van der Waals surface area (Å²) in [6, 6.07) is 0. The maximum absolute atomic E-state index is 13.4. The molecule has 56 heavy (non-hydrogen) atoms. The van der Waals surface area contributed by atoms with Crippen molar-refractivity contribution < 1.29 is 23.8 Å². The summed E-state index contributed by atoms with van der Waals surface area (Å²) in [5.41, 5.74) is 1.10. The maximum atomic E-state index is 13.4. The summed E-state index contributed by atoms with van der Waals surface area (Å²) in [5.74, 6) is -0.233. The predicted molar refractivity (Wildman–Crippen MR) is 232 cm³/mol. The molecule has 0 saturated carbocycles. The van der Waals surface area contributed by atoms with Gasteiger partial charge in [0.1, 0.15) is 12.2 Å². The Balaban J connectivity index is 1.99. The van der Waals surface area contributed by atoms with Crippen LogP contribution in [0.5, 0.6) is 0 Å². The van der Waals surface area contributed by atoms with Gasteiger partial charge in [0.05, 0.1) is 32.3 Å². The summed E-state index contributed by atoms with van der Waals surface area (Å²) in [7, 11) is 0. The fraction of sp³-hybridized carbons (Fsp3) is 0.894. The second-order valence-corrected chi connectivity index (χ2v) is 16.7. The maximum Gasteiger partial charge on any atom is 0.307 e. The van der Waals surface area contributed by atoms with E-state index in [0.29, 0.717) is 32.5 Å². The fourth-order valence-corrected chi connectivity index (χ4v) is 7.83. The van der Waals surface area contributed by atoms with Gasteiger partial charge in [0.25, 0.3) is 0 Å². The first-order valence-electron chi connectivity index (χ1n) is 23.9. The molecule has 1 saturated heterocycles. The fourth-order valence-electron chi connectivity index (χ4n) is 7.83. The minimum absolute atomic E-state index is 0.00515. The van der Waals surface area contributed by atoms with E-state index in [2.05, 4.69) is 48.8 Å². The molecule has 1 aliphatic rings. The van der Waals surface area contributed by atoms with Crippen molar-refractivity contribution in [3.05, 3.63) is 18.0 Å². The third-order valence-corrected chi connectivity index (χ3v) is 11.4. The number of unbranched alkanes of at least 4 members (excludes halogenated alkanes) is 16. The van der Waals surface area contributed by atoms with Crippen molar-refractivity contribution in [3.63, 3.8) is 0 Å². The molecule has 1 aliphatic heterocycles. The molecule has 9 nitrogen and oxygen atoms in total. The molecule has 1 fully saturated rings. The Morgan fingerprint density at radius 1 is 0.625 bits per heavy atom. The van der Waals surface area contributed by atoms with Gasteiger partial charge in [-0.3, -0.25) is 24.1 Å². The Hall–Kier alpha value is -1.97. The number of hydrogen-bond acceptors (Lipinski definition) is 8. The van der Waals surface area contributed by atoms with Crippen molar-refractivity contribution >= 4 is 11.9 Å². The van der Waals surface area contributed by atoms with Crippen LogP contribution in [0.1, 0.15) is 207 Å². The first kappa shape index (κ1) is 50.2. The van der Waals surface area contributed by atoms with Gasteiger partial charge in [0.2, 0.25) is 0 Å². The highest BCUT2D eigenvalue weighted by atomic mass is 16.5. The lowest BCUT2D eigenvalue weighted by molar-refractivity contribution is -0.150. The van der Waals surface area contributed by atoms with Gasteiger partial charge in [-0.15, -0.1) is 0 Å². The number of nitrogens with zero attached hydrogens (tertiary/aromatic N) is 4. The van der Waals surface area contributed by atoms with E-state index >= 15 is 0 Å². The van der Waals surface area contributed by atoms with Gasteiger partial charge in [0.15, 0.2) is 0 Å². The second-order valence-electron chi connectivity index (χ2n) is 16.7. The molecule has 0 radical (unpaired) electrons. The summed E-state index contributed by atoms with van der Waals surface area (Å²) >= 11 is 0. The summed E-state index contributed by atoms with van der Waals surface area (Å²) in [6.07, 6.45) is 34.0. The van der Waals surface area contributed by atoms with Gasteiger partial charge in [-0.1, -0.05) is 130 Å². The Morgan fingerprint density at radius 2 is 1.05 bits per heavy atom. The lowest BCUT2D eigenvalue weighted by Gasteiger charge is -2.26. The molecule has 0 aliphatic carbocycles. The topological polar surface area (TPSA) is 86.1 Å². The van der Waals surface area contributed by atoms with Crippen LogP contribution in [0, 0.1) is 0 Å².